The zero-order valence-electron chi connectivity index (χ0n) is 16.1. The SMILES string of the molecule is Cc1ccsc1[C@@H]1C(C#N)=C(N)N(c2cccc(C(F)(F)F)c2)C2=C1C(=O)CCC2. The number of aryl methyl sites for hydroxylation is 1. The van der Waals surface area contributed by atoms with Crippen molar-refractivity contribution in [2.75, 3.05) is 4.90 Å². The van der Waals surface area contributed by atoms with Gasteiger partial charge in [0.2, 0.25) is 0 Å². The quantitative estimate of drug-likeness (QED) is 0.696. The van der Waals surface area contributed by atoms with Crippen LogP contribution < -0.4 is 10.6 Å². The van der Waals surface area contributed by atoms with Crippen LogP contribution in [-0.2, 0) is 11.0 Å². The van der Waals surface area contributed by atoms with Gasteiger partial charge in [0.05, 0.1) is 23.1 Å². The Morgan fingerprint density at radius 2 is 2.03 bits per heavy atom. The summed E-state index contributed by atoms with van der Waals surface area (Å²) < 4.78 is 39.9. The number of hydrogen-bond donors (Lipinski definition) is 1. The molecule has 0 spiro atoms. The molecule has 0 saturated heterocycles. The number of carbonyl (C=O) groups is 1. The first-order valence-corrected chi connectivity index (χ1v) is 10.3. The molecule has 2 aromatic rings. The van der Waals surface area contributed by atoms with Crippen molar-refractivity contribution < 1.29 is 18.0 Å². The van der Waals surface area contributed by atoms with Crippen LogP contribution in [-0.4, -0.2) is 5.78 Å². The number of ketones is 1. The second-order valence-corrected chi connectivity index (χ2v) is 8.28. The number of nitriles is 1. The maximum absolute atomic E-state index is 13.3. The lowest BCUT2D eigenvalue weighted by Crippen LogP contribution is -2.38. The van der Waals surface area contributed by atoms with Crippen LogP contribution in [0.25, 0.3) is 0 Å². The predicted molar refractivity (Wildman–Crippen MR) is 108 cm³/mol. The molecule has 1 atom stereocenters. The number of rotatable bonds is 2. The Balaban J connectivity index is 1.96. The fourth-order valence-corrected chi connectivity index (χ4v) is 5.19. The Labute approximate surface area is 175 Å². The maximum Gasteiger partial charge on any atom is 0.416 e. The maximum atomic E-state index is 13.3. The normalized spacial score (nSPS) is 19.8. The van der Waals surface area contributed by atoms with E-state index in [1.54, 1.807) is 0 Å². The highest BCUT2D eigenvalue weighted by Gasteiger charge is 2.41. The summed E-state index contributed by atoms with van der Waals surface area (Å²) >= 11 is 1.44. The third-order valence-electron chi connectivity index (χ3n) is 5.51. The van der Waals surface area contributed by atoms with E-state index >= 15 is 0 Å². The molecule has 0 amide bonds. The molecule has 2 heterocycles. The van der Waals surface area contributed by atoms with Gasteiger partial charge in [-0.15, -0.1) is 11.3 Å². The Bertz CT molecular complexity index is 1140. The molecule has 0 unspecified atom stereocenters. The molecule has 4 rings (SSSR count). The van der Waals surface area contributed by atoms with E-state index in [9.17, 15) is 23.2 Å². The van der Waals surface area contributed by atoms with Gasteiger partial charge < -0.3 is 5.73 Å². The van der Waals surface area contributed by atoms with Gasteiger partial charge in [-0.25, -0.2) is 0 Å². The van der Waals surface area contributed by atoms with Crippen molar-refractivity contribution in [1.82, 2.24) is 0 Å². The molecule has 0 radical (unpaired) electrons. The Kier molecular flexibility index (Phi) is 4.94. The van der Waals surface area contributed by atoms with E-state index in [0.29, 0.717) is 30.5 Å². The summed E-state index contributed by atoms with van der Waals surface area (Å²) in [6, 6.07) is 8.84. The third-order valence-corrected chi connectivity index (χ3v) is 6.59. The second kappa shape index (κ2) is 7.33. The minimum Gasteiger partial charge on any atom is -0.384 e. The molecular formula is C22H18F3N3OS. The summed E-state index contributed by atoms with van der Waals surface area (Å²) in [4.78, 5) is 15.3. The highest BCUT2D eigenvalue weighted by atomic mass is 32.1. The number of nitrogens with two attached hydrogens (primary N) is 1. The van der Waals surface area contributed by atoms with Gasteiger partial charge in [0.1, 0.15) is 5.82 Å². The highest BCUT2D eigenvalue weighted by Crippen LogP contribution is 2.48. The molecule has 1 aromatic heterocycles. The van der Waals surface area contributed by atoms with Crippen LogP contribution in [0.2, 0.25) is 0 Å². The monoisotopic (exact) mass is 429 g/mol. The topological polar surface area (TPSA) is 70.1 Å². The largest absolute Gasteiger partial charge is 0.416 e. The summed E-state index contributed by atoms with van der Waals surface area (Å²) in [5, 5.41) is 11.8. The number of carbonyl (C=O) groups excluding carboxylic acids is 1. The first kappa shape index (κ1) is 20.2. The van der Waals surface area contributed by atoms with Gasteiger partial charge >= 0.3 is 6.18 Å². The van der Waals surface area contributed by atoms with Gasteiger partial charge in [-0.3, -0.25) is 9.69 Å². The van der Waals surface area contributed by atoms with Gasteiger partial charge in [-0.2, -0.15) is 18.4 Å². The molecule has 1 aliphatic carbocycles. The predicted octanol–water partition coefficient (Wildman–Crippen LogP) is 5.38. The van der Waals surface area contributed by atoms with E-state index < -0.39 is 17.7 Å². The third kappa shape index (κ3) is 3.19. The van der Waals surface area contributed by atoms with Gasteiger partial charge in [0.25, 0.3) is 0 Å². The molecule has 154 valence electrons. The van der Waals surface area contributed by atoms with E-state index in [-0.39, 0.29) is 22.9 Å². The van der Waals surface area contributed by atoms with Gasteiger partial charge in [-0.05, 0) is 55.0 Å². The van der Waals surface area contributed by atoms with Crippen molar-refractivity contribution in [2.24, 2.45) is 5.73 Å². The summed E-state index contributed by atoms with van der Waals surface area (Å²) in [7, 11) is 0. The number of thiophene rings is 1. The number of nitrogens with zero attached hydrogens (tertiary/aromatic N) is 2. The molecule has 0 fully saturated rings. The van der Waals surface area contributed by atoms with E-state index in [4.69, 9.17) is 5.73 Å². The number of halogens is 3. The number of allylic oxidation sites excluding steroid dienone is 3. The summed E-state index contributed by atoms with van der Waals surface area (Å²) in [6.07, 6.45) is -3.09. The zero-order chi connectivity index (χ0) is 21.6. The van der Waals surface area contributed by atoms with Crippen LogP contribution in [0.15, 0.2) is 58.4 Å². The minimum absolute atomic E-state index is 0.0723. The molecular weight excluding hydrogens is 411 g/mol. The van der Waals surface area contributed by atoms with Crippen LogP contribution >= 0.6 is 11.3 Å². The molecule has 1 aromatic carbocycles. The Morgan fingerprint density at radius 3 is 2.67 bits per heavy atom. The first-order chi connectivity index (χ1) is 14.2. The van der Waals surface area contributed by atoms with Gasteiger partial charge in [0.15, 0.2) is 5.78 Å². The Morgan fingerprint density at radius 1 is 1.27 bits per heavy atom. The summed E-state index contributed by atoms with van der Waals surface area (Å²) in [5.74, 6) is -0.603. The molecule has 1 aliphatic heterocycles. The fraction of sp³-hybridized carbons (Fsp3) is 0.273. The van der Waals surface area contributed by atoms with Crippen molar-refractivity contribution >= 4 is 22.8 Å². The van der Waals surface area contributed by atoms with Crippen LogP contribution in [0, 0.1) is 18.3 Å². The van der Waals surface area contributed by atoms with Crippen LogP contribution in [0.1, 0.15) is 41.2 Å². The molecule has 4 nitrogen and oxygen atoms in total. The fourth-order valence-electron chi connectivity index (χ4n) is 4.15. The number of Topliss-reactive ketones (excluding diaryl/α,β-unsaturated/α-hetero) is 1. The van der Waals surface area contributed by atoms with Crippen LogP contribution in [0.4, 0.5) is 18.9 Å². The lowest BCUT2D eigenvalue weighted by Gasteiger charge is -2.39. The molecule has 8 heteroatoms. The van der Waals surface area contributed by atoms with E-state index in [1.807, 2.05) is 18.4 Å². The zero-order valence-corrected chi connectivity index (χ0v) is 16.9. The van der Waals surface area contributed by atoms with Gasteiger partial charge in [-0.1, -0.05) is 6.07 Å². The Hall–Kier alpha value is -3.05. The van der Waals surface area contributed by atoms with Crippen molar-refractivity contribution in [2.45, 2.75) is 38.3 Å². The number of hydrogen-bond acceptors (Lipinski definition) is 5. The van der Waals surface area contributed by atoms with E-state index in [0.717, 1.165) is 22.6 Å². The molecule has 2 N–H and O–H groups in total. The van der Waals surface area contributed by atoms with Crippen molar-refractivity contribution in [1.29, 1.82) is 5.26 Å². The van der Waals surface area contributed by atoms with Crippen molar-refractivity contribution in [3.63, 3.8) is 0 Å². The van der Waals surface area contributed by atoms with Crippen molar-refractivity contribution in [3.8, 4) is 6.07 Å². The lowest BCUT2D eigenvalue weighted by atomic mass is 9.77. The van der Waals surface area contributed by atoms with Crippen LogP contribution in [0.3, 0.4) is 0 Å². The minimum atomic E-state index is -4.52. The lowest BCUT2D eigenvalue weighted by molar-refractivity contribution is -0.137. The molecule has 0 saturated carbocycles. The number of anilines is 1. The number of alkyl halides is 3. The second-order valence-electron chi connectivity index (χ2n) is 7.33. The van der Waals surface area contributed by atoms with Crippen molar-refractivity contribution in [3.05, 3.63) is 74.4 Å². The number of benzene rings is 1. The average molecular weight is 429 g/mol. The standard InChI is InChI=1S/C22H18F3N3OS/c1-12-8-9-30-20(12)18-15(11-26)21(27)28(16-6-3-7-17(29)19(16)18)14-5-2-4-13(10-14)22(23,24)25/h2,4-5,8-10,18H,3,6-7,27H2,1H3/t18-/m1/s1. The summed E-state index contributed by atoms with van der Waals surface area (Å²) in [5.41, 5.74) is 7.95. The molecule has 0 bridgehead atoms. The molecule has 30 heavy (non-hydrogen) atoms. The highest BCUT2D eigenvalue weighted by molar-refractivity contribution is 7.10. The van der Waals surface area contributed by atoms with E-state index in [1.165, 1.54) is 28.4 Å². The average Bonchev–Trinajstić information content (AvgIpc) is 3.12. The van der Waals surface area contributed by atoms with E-state index in [2.05, 4.69) is 6.07 Å². The smallest absolute Gasteiger partial charge is 0.384 e. The summed E-state index contributed by atoms with van der Waals surface area (Å²) in [6.45, 7) is 1.91. The van der Waals surface area contributed by atoms with Gasteiger partial charge in [0, 0.05) is 28.3 Å². The molecule has 2 aliphatic rings. The first-order valence-electron chi connectivity index (χ1n) is 9.41. The van der Waals surface area contributed by atoms with Crippen LogP contribution in [0.5, 0.6) is 0 Å².